The molecule has 0 aliphatic carbocycles. The Kier molecular flexibility index (Phi) is 3.56. The summed E-state index contributed by atoms with van der Waals surface area (Å²) >= 11 is 0. The van der Waals surface area contributed by atoms with Crippen LogP contribution in [0, 0.1) is 5.92 Å². The highest BCUT2D eigenvalue weighted by Crippen LogP contribution is 2.17. The van der Waals surface area contributed by atoms with Crippen LogP contribution in [0.15, 0.2) is 23.0 Å². The van der Waals surface area contributed by atoms with E-state index in [1.54, 1.807) is 12.3 Å². The van der Waals surface area contributed by atoms with Crippen molar-refractivity contribution in [3.63, 3.8) is 0 Å². The number of nitrogens with one attached hydrogen (secondary N) is 1. The summed E-state index contributed by atoms with van der Waals surface area (Å²) in [4.78, 5) is 11.7. The van der Waals surface area contributed by atoms with Gasteiger partial charge in [-0.1, -0.05) is 0 Å². The number of piperidine rings is 1. The fraction of sp³-hybridized carbons (Fsp3) is 0.583. The van der Waals surface area contributed by atoms with Crippen molar-refractivity contribution in [1.82, 2.24) is 5.32 Å². The Morgan fingerprint density at radius 2 is 2.53 bits per heavy atom. The number of hydrogen-bond acceptors (Lipinski definition) is 3. The van der Waals surface area contributed by atoms with Gasteiger partial charge in [0.05, 0.1) is 11.8 Å². The number of carbonyl (C=O) groups excluding carboxylic acids is 1. The SMILES string of the molecule is O=C(CCC1CCCNC1)c1ccoc1. The molecule has 1 aliphatic rings. The third kappa shape index (κ3) is 2.93. The van der Waals surface area contributed by atoms with E-state index in [2.05, 4.69) is 5.32 Å². The van der Waals surface area contributed by atoms with Gasteiger partial charge in [0.15, 0.2) is 5.78 Å². The van der Waals surface area contributed by atoms with Crippen LogP contribution < -0.4 is 5.32 Å². The fourth-order valence-electron chi connectivity index (χ4n) is 2.07. The van der Waals surface area contributed by atoms with Crippen LogP contribution in [0.4, 0.5) is 0 Å². The maximum absolute atomic E-state index is 11.7. The second-order valence-electron chi connectivity index (χ2n) is 4.19. The molecule has 1 fully saturated rings. The van der Waals surface area contributed by atoms with Crippen molar-refractivity contribution in [3.05, 3.63) is 24.2 Å². The van der Waals surface area contributed by atoms with Gasteiger partial charge >= 0.3 is 0 Å². The molecule has 0 bridgehead atoms. The van der Waals surface area contributed by atoms with E-state index in [4.69, 9.17) is 4.42 Å². The van der Waals surface area contributed by atoms with Crippen LogP contribution in [0.25, 0.3) is 0 Å². The lowest BCUT2D eigenvalue weighted by Crippen LogP contribution is -2.29. The van der Waals surface area contributed by atoms with Gasteiger partial charge in [0.1, 0.15) is 6.26 Å². The molecular formula is C12H17NO2. The van der Waals surface area contributed by atoms with Gasteiger partial charge in [-0.3, -0.25) is 4.79 Å². The predicted octanol–water partition coefficient (Wildman–Crippen LogP) is 2.24. The Morgan fingerprint density at radius 3 is 3.20 bits per heavy atom. The molecule has 0 saturated carbocycles. The van der Waals surface area contributed by atoms with Gasteiger partial charge in [0, 0.05) is 6.42 Å². The molecule has 3 heteroatoms. The highest BCUT2D eigenvalue weighted by molar-refractivity contribution is 5.95. The van der Waals surface area contributed by atoms with Crippen LogP contribution in [0.3, 0.4) is 0 Å². The van der Waals surface area contributed by atoms with Crippen molar-refractivity contribution in [2.75, 3.05) is 13.1 Å². The predicted molar refractivity (Wildman–Crippen MR) is 57.9 cm³/mol. The van der Waals surface area contributed by atoms with Gasteiger partial charge in [0.25, 0.3) is 0 Å². The van der Waals surface area contributed by atoms with E-state index in [9.17, 15) is 4.79 Å². The molecule has 1 N–H and O–H groups in total. The van der Waals surface area contributed by atoms with Crippen LogP contribution >= 0.6 is 0 Å². The molecule has 1 atom stereocenters. The van der Waals surface area contributed by atoms with E-state index in [1.807, 2.05) is 0 Å². The van der Waals surface area contributed by atoms with E-state index in [0.717, 1.165) is 19.5 Å². The maximum atomic E-state index is 11.7. The van der Waals surface area contributed by atoms with Gasteiger partial charge in [-0.05, 0) is 44.3 Å². The maximum Gasteiger partial charge on any atom is 0.166 e. The van der Waals surface area contributed by atoms with Crippen molar-refractivity contribution in [2.45, 2.75) is 25.7 Å². The fourth-order valence-corrected chi connectivity index (χ4v) is 2.07. The number of ketones is 1. The Morgan fingerprint density at radius 1 is 1.60 bits per heavy atom. The average Bonchev–Trinajstić information content (AvgIpc) is 2.81. The number of furan rings is 1. The molecule has 1 unspecified atom stereocenters. The summed E-state index contributed by atoms with van der Waals surface area (Å²) in [6, 6.07) is 1.74. The van der Waals surface area contributed by atoms with Crippen LogP contribution in [-0.4, -0.2) is 18.9 Å². The van der Waals surface area contributed by atoms with Gasteiger partial charge < -0.3 is 9.73 Å². The lowest BCUT2D eigenvalue weighted by Gasteiger charge is -2.22. The molecule has 2 rings (SSSR count). The van der Waals surface area contributed by atoms with Crippen molar-refractivity contribution in [2.24, 2.45) is 5.92 Å². The third-order valence-corrected chi connectivity index (χ3v) is 3.02. The molecule has 0 spiro atoms. The minimum atomic E-state index is 0.203. The zero-order valence-corrected chi connectivity index (χ0v) is 8.87. The highest BCUT2D eigenvalue weighted by Gasteiger charge is 2.15. The summed E-state index contributed by atoms with van der Waals surface area (Å²) < 4.78 is 4.89. The summed E-state index contributed by atoms with van der Waals surface area (Å²) in [5, 5.41) is 3.36. The normalized spacial score (nSPS) is 21.5. The zero-order chi connectivity index (χ0) is 10.5. The van der Waals surface area contributed by atoms with Gasteiger partial charge in [-0.25, -0.2) is 0 Å². The Labute approximate surface area is 89.9 Å². The Hall–Kier alpha value is -1.09. The topological polar surface area (TPSA) is 42.2 Å². The van der Waals surface area contributed by atoms with E-state index < -0.39 is 0 Å². The Bertz CT molecular complexity index is 299. The minimum absolute atomic E-state index is 0.203. The first-order chi connectivity index (χ1) is 7.36. The number of hydrogen-bond donors (Lipinski definition) is 1. The molecule has 1 aromatic rings. The molecule has 1 saturated heterocycles. The lowest BCUT2D eigenvalue weighted by atomic mass is 9.93. The summed E-state index contributed by atoms with van der Waals surface area (Å²) in [6.07, 6.45) is 7.22. The summed E-state index contributed by atoms with van der Waals surface area (Å²) in [7, 11) is 0. The molecule has 3 nitrogen and oxygen atoms in total. The van der Waals surface area contributed by atoms with Gasteiger partial charge in [-0.15, -0.1) is 0 Å². The molecule has 2 heterocycles. The first-order valence-corrected chi connectivity index (χ1v) is 5.62. The zero-order valence-electron chi connectivity index (χ0n) is 8.87. The van der Waals surface area contributed by atoms with E-state index in [-0.39, 0.29) is 5.78 Å². The van der Waals surface area contributed by atoms with Crippen LogP contribution in [0.1, 0.15) is 36.0 Å². The number of carbonyl (C=O) groups is 1. The largest absolute Gasteiger partial charge is 0.472 e. The van der Waals surface area contributed by atoms with Crippen LogP contribution in [0.2, 0.25) is 0 Å². The summed E-state index contributed by atoms with van der Waals surface area (Å²) in [5.41, 5.74) is 0.707. The molecule has 0 amide bonds. The number of Topliss-reactive ketones (excluding diaryl/α,β-unsaturated/α-hetero) is 1. The van der Waals surface area contributed by atoms with Gasteiger partial charge in [0.2, 0.25) is 0 Å². The quantitative estimate of drug-likeness (QED) is 0.770. The van der Waals surface area contributed by atoms with Crippen molar-refractivity contribution in [3.8, 4) is 0 Å². The standard InChI is InChI=1S/C12H17NO2/c14-12(11-5-7-15-9-11)4-3-10-2-1-6-13-8-10/h5,7,9-10,13H,1-4,6,8H2. The molecule has 1 aliphatic heterocycles. The average molecular weight is 207 g/mol. The number of rotatable bonds is 4. The summed E-state index contributed by atoms with van der Waals surface area (Å²) in [6.45, 7) is 2.20. The van der Waals surface area contributed by atoms with E-state index in [0.29, 0.717) is 17.9 Å². The molecule has 82 valence electrons. The Balaban J connectivity index is 1.75. The minimum Gasteiger partial charge on any atom is -0.472 e. The monoisotopic (exact) mass is 207 g/mol. The smallest absolute Gasteiger partial charge is 0.166 e. The van der Waals surface area contributed by atoms with Crippen LogP contribution in [-0.2, 0) is 0 Å². The van der Waals surface area contributed by atoms with Gasteiger partial charge in [-0.2, -0.15) is 0 Å². The molecule has 1 aromatic heterocycles. The summed E-state index contributed by atoms with van der Waals surface area (Å²) in [5.74, 6) is 0.879. The van der Waals surface area contributed by atoms with E-state index in [1.165, 1.54) is 19.1 Å². The molecule has 15 heavy (non-hydrogen) atoms. The van der Waals surface area contributed by atoms with E-state index >= 15 is 0 Å². The van der Waals surface area contributed by atoms with Crippen molar-refractivity contribution in [1.29, 1.82) is 0 Å². The first-order valence-electron chi connectivity index (χ1n) is 5.62. The molecule has 0 radical (unpaired) electrons. The van der Waals surface area contributed by atoms with Crippen molar-refractivity contribution < 1.29 is 9.21 Å². The van der Waals surface area contributed by atoms with Crippen molar-refractivity contribution >= 4 is 5.78 Å². The lowest BCUT2D eigenvalue weighted by molar-refractivity contribution is 0.0971. The molecule has 0 aromatic carbocycles. The second-order valence-corrected chi connectivity index (χ2v) is 4.19. The second kappa shape index (κ2) is 5.12. The molecular weight excluding hydrogens is 190 g/mol. The third-order valence-electron chi connectivity index (χ3n) is 3.02. The first kappa shape index (κ1) is 10.4. The highest BCUT2D eigenvalue weighted by atomic mass is 16.3. The van der Waals surface area contributed by atoms with Crippen LogP contribution in [0.5, 0.6) is 0 Å².